The van der Waals surface area contributed by atoms with Gasteiger partial charge >= 0.3 is 0 Å². The molecule has 0 aliphatic heterocycles. The van der Waals surface area contributed by atoms with Gasteiger partial charge in [0.1, 0.15) is 12.3 Å². The summed E-state index contributed by atoms with van der Waals surface area (Å²) < 4.78 is 6.80. The van der Waals surface area contributed by atoms with E-state index in [1.165, 1.54) is 0 Å². The predicted octanol–water partition coefficient (Wildman–Crippen LogP) is 1.95. The van der Waals surface area contributed by atoms with Crippen LogP contribution in [-0.2, 0) is 11.3 Å². The molecular formula is C14H14N2O3. The molecule has 0 fully saturated rings. The highest BCUT2D eigenvalue weighted by molar-refractivity contribution is 5.92. The highest BCUT2D eigenvalue weighted by Gasteiger charge is 2.07. The van der Waals surface area contributed by atoms with Gasteiger partial charge in [0.05, 0.1) is 12.8 Å². The number of methoxy groups -OCH3 is 1. The van der Waals surface area contributed by atoms with Crippen LogP contribution in [0.4, 0.5) is 5.69 Å². The van der Waals surface area contributed by atoms with Crippen molar-refractivity contribution in [3.8, 4) is 5.75 Å². The van der Waals surface area contributed by atoms with Gasteiger partial charge < -0.3 is 14.6 Å². The number of carbonyl (C=O) groups is 2. The summed E-state index contributed by atoms with van der Waals surface area (Å²) in [5.41, 5.74) is 1.17. The lowest BCUT2D eigenvalue weighted by Gasteiger charge is -2.10. The van der Waals surface area contributed by atoms with Crippen LogP contribution in [-0.4, -0.2) is 23.9 Å². The summed E-state index contributed by atoms with van der Waals surface area (Å²) in [4.78, 5) is 22.4. The molecule has 1 N–H and O–H groups in total. The van der Waals surface area contributed by atoms with Crippen LogP contribution in [0.2, 0.25) is 0 Å². The zero-order valence-corrected chi connectivity index (χ0v) is 10.5. The number of aromatic nitrogens is 1. The normalized spacial score (nSPS) is 9.95. The van der Waals surface area contributed by atoms with Crippen molar-refractivity contribution < 1.29 is 14.3 Å². The summed E-state index contributed by atoms with van der Waals surface area (Å²) >= 11 is 0. The number of carbonyl (C=O) groups excluding carboxylic acids is 2. The smallest absolute Gasteiger partial charge is 0.244 e. The van der Waals surface area contributed by atoms with Gasteiger partial charge in [-0.3, -0.25) is 9.59 Å². The number of hydrogen-bond acceptors (Lipinski definition) is 3. The molecule has 2 rings (SSSR count). The number of amides is 1. The quantitative estimate of drug-likeness (QED) is 0.834. The lowest BCUT2D eigenvalue weighted by Crippen LogP contribution is -2.18. The standard InChI is InChI=1S/C14H14N2O3/c1-19-13-5-3-2-4-12(13)15-14(18)9-16-7-6-11(8-16)10-17/h2-8,10H,9H2,1H3,(H,15,18). The van der Waals surface area contributed by atoms with E-state index in [0.717, 1.165) is 6.29 Å². The minimum absolute atomic E-state index is 0.145. The third-order valence-corrected chi connectivity index (χ3v) is 2.62. The lowest BCUT2D eigenvalue weighted by molar-refractivity contribution is -0.116. The Bertz CT molecular complexity index is 590. The zero-order chi connectivity index (χ0) is 13.7. The largest absolute Gasteiger partial charge is 0.495 e. The van der Waals surface area contributed by atoms with Gasteiger partial charge in [0, 0.05) is 18.0 Å². The summed E-state index contributed by atoms with van der Waals surface area (Å²) in [5.74, 6) is 0.425. The molecule has 98 valence electrons. The summed E-state index contributed by atoms with van der Waals surface area (Å²) in [6.07, 6.45) is 4.05. The first kappa shape index (κ1) is 12.9. The maximum absolute atomic E-state index is 11.9. The first-order valence-corrected chi connectivity index (χ1v) is 5.77. The molecule has 1 aromatic heterocycles. The van der Waals surface area contributed by atoms with E-state index in [2.05, 4.69) is 5.32 Å². The van der Waals surface area contributed by atoms with Crippen molar-refractivity contribution >= 4 is 17.9 Å². The van der Waals surface area contributed by atoms with Crippen molar-refractivity contribution in [1.29, 1.82) is 0 Å². The van der Waals surface area contributed by atoms with Crippen LogP contribution in [0.25, 0.3) is 0 Å². The molecule has 2 aromatic rings. The zero-order valence-electron chi connectivity index (χ0n) is 10.5. The van der Waals surface area contributed by atoms with E-state index in [4.69, 9.17) is 4.74 Å². The second-order valence-electron chi connectivity index (χ2n) is 3.98. The van der Waals surface area contributed by atoms with Crippen LogP contribution in [0.15, 0.2) is 42.7 Å². The van der Waals surface area contributed by atoms with E-state index in [0.29, 0.717) is 17.0 Å². The van der Waals surface area contributed by atoms with Crippen molar-refractivity contribution in [1.82, 2.24) is 4.57 Å². The van der Waals surface area contributed by atoms with Crippen LogP contribution in [0, 0.1) is 0 Å². The van der Waals surface area contributed by atoms with Gasteiger partial charge in [-0.2, -0.15) is 0 Å². The Morgan fingerprint density at radius 1 is 1.37 bits per heavy atom. The molecule has 0 aliphatic rings. The summed E-state index contributed by atoms with van der Waals surface area (Å²) in [5, 5.41) is 2.76. The van der Waals surface area contributed by atoms with E-state index in [1.54, 1.807) is 42.3 Å². The van der Waals surface area contributed by atoms with E-state index >= 15 is 0 Å². The molecule has 1 amide bonds. The molecular weight excluding hydrogens is 244 g/mol. The number of hydrogen-bond donors (Lipinski definition) is 1. The van der Waals surface area contributed by atoms with Crippen molar-refractivity contribution in [3.05, 3.63) is 48.3 Å². The average molecular weight is 258 g/mol. The van der Waals surface area contributed by atoms with Crippen molar-refractivity contribution in [3.63, 3.8) is 0 Å². The molecule has 5 nitrogen and oxygen atoms in total. The highest BCUT2D eigenvalue weighted by Crippen LogP contribution is 2.22. The van der Waals surface area contributed by atoms with Crippen molar-refractivity contribution in [2.45, 2.75) is 6.54 Å². The first-order valence-electron chi connectivity index (χ1n) is 5.77. The number of rotatable bonds is 5. The minimum atomic E-state index is -0.183. The molecule has 0 atom stereocenters. The molecule has 19 heavy (non-hydrogen) atoms. The monoisotopic (exact) mass is 258 g/mol. The Morgan fingerprint density at radius 3 is 2.84 bits per heavy atom. The molecule has 0 radical (unpaired) electrons. The van der Waals surface area contributed by atoms with Crippen LogP contribution in [0.5, 0.6) is 5.75 Å². The highest BCUT2D eigenvalue weighted by atomic mass is 16.5. The van der Waals surface area contributed by atoms with Crippen LogP contribution in [0.1, 0.15) is 10.4 Å². The lowest BCUT2D eigenvalue weighted by atomic mass is 10.3. The van der Waals surface area contributed by atoms with Gasteiger partial charge in [-0.25, -0.2) is 0 Å². The summed E-state index contributed by atoms with van der Waals surface area (Å²) in [7, 11) is 1.55. The SMILES string of the molecule is COc1ccccc1NC(=O)Cn1ccc(C=O)c1. The Kier molecular flexibility index (Phi) is 3.97. The molecule has 0 aliphatic carbocycles. The number of para-hydroxylation sites is 2. The maximum atomic E-state index is 11.9. The van der Waals surface area contributed by atoms with Crippen LogP contribution < -0.4 is 10.1 Å². The Labute approximate surface area is 110 Å². The van der Waals surface area contributed by atoms with Gasteiger partial charge in [0.15, 0.2) is 6.29 Å². The molecule has 0 bridgehead atoms. The van der Waals surface area contributed by atoms with Gasteiger partial charge in [0.2, 0.25) is 5.91 Å². The predicted molar refractivity (Wildman–Crippen MR) is 71.4 cm³/mol. The average Bonchev–Trinajstić information content (AvgIpc) is 2.87. The van der Waals surface area contributed by atoms with Crippen molar-refractivity contribution in [2.24, 2.45) is 0 Å². The second-order valence-corrected chi connectivity index (χ2v) is 3.98. The molecule has 0 unspecified atom stereocenters. The van der Waals surface area contributed by atoms with Crippen molar-refractivity contribution in [2.75, 3.05) is 12.4 Å². The van der Waals surface area contributed by atoms with Crippen LogP contribution >= 0.6 is 0 Å². The topological polar surface area (TPSA) is 60.3 Å². The number of nitrogens with zero attached hydrogens (tertiary/aromatic N) is 1. The number of benzene rings is 1. The third-order valence-electron chi connectivity index (χ3n) is 2.62. The van der Waals surface area contributed by atoms with E-state index in [-0.39, 0.29) is 12.5 Å². The van der Waals surface area contributed by atoms with Gasteiger partial charge in [0.25, 0.3) is 0 Å². The molecule has 0 saturated heterocycles. The Hall–Kier alpha value is -2.56. The van der Waals surface area contributed by atoms with E-state index in [9.17, 15) is 9.59 Å². The Morgan fingerprint density at radius 2 is 2.16 bits per heavy atom. The maximum Gasteiger partial charge on any atom is 0.244 e. The van der Waals surface area contributed by atoms with E-state index < -0.39 is 0 Å². The second kappa shape index (κ2) is 5.86. The fourth-order valence-corrected chi connectivity index (χ4v) is 1.73. The number of ether oxygens (including phenoxy) is 1. The summed E-state index contributed by atoms with van der Waals surface area (Å²) in [6.45, 7) is 0.145. The van der Waals surface area contributed by atoms with Crippen LogP contribution in [0.3, 0.4) is 0 Å². The summed E-state index contributed by atoms with van der Waals surface area (Å²) in [6, 6.07) is 8.84. The molecule has 1 aromatic carbocycles. The van der Waals surface area contributed by atoms with Gasteiger partial charge in [-0.1, -0.05) is 12.1 Å². The van der Waals surface area contributed by atoms with Gasteiger partial charge in [-0.15, -0.1) is 0 Å². The number of nitrogens with one attached hydrogen (secondary N) is 1. The van der Waals surface area contributed by atoms with Gasteiger partial charge in [-0.05, 0) is 18.2 Å². The first-order chi connectivity index (χ1) is 9.22. The van der Waals surface area contributed by atoms with E-state index in [1.807, 2.05) is 12.1 Å². The molecule has 0 saturated carbocycles. The molecule has 5 heteroatoms. The molecule has 0 spiro atoms. The number of aldehydes is 1. The molecule has 1 heterocycles. The minimum Gasteiger partial charge on any atom is -0.495 e. The number of anilines is 1. The fourth-order valence-electron chi connectivity index (χ4n) is 1.73. The Balaban J connectivity index is 2.03. The third kappa shape index (κ3) is 3.22. The fraction of sp³-hybridized carbons (Fsp3) is 0.143.